The largest absolute Gasteiger partial charge is 0.496 e. The maximum Gasteiger partial charge on any atom is 0.123 e. The zero-order valence-corrected chi connectivity index (χ0v) is 13.4. The van der Waals surface area contributed by atoms with Crippen molar-refractivity contribution in [2.24, 2.45) is 5.41 Å². The number of hydrogen-bond donors (Lipinski definition) is 1. The molecule has 0 unspecified atom stereocenters. The fraction of sp³-hybridized carbons (Fsp3) is 0.625. The Balaban J connectivity index is 1.99. The minimum atomic E-state index is 0.290. The number of nitrogens with zero attached hydrogens (tertiary/aromatic N) is 1. The number of hydrogen-bond acceptors (Lipinski definition) is 4. The molecule has 1 aliphatic rings. The molecule has 1 fully saturated rings. The van der Waals surface area contributed by atoms with Gasteiger partial charge in [-0.2, -0.15) is 12.6 Å². The van der Waals surface area contributed by atoms with Crippen LogP contribution < -0.4 is 4.74 Å². The van der Waals surface area contributed by atoms with Gasteiger partial charge in [0.25, 0.3) is 0 Å². The van der Waals surface area contributed by atoms with Gasteiger partial charge in [-0.1, -0.05) is 18.2 Å². The van der Waals surface area contributed by atoms with Crippen molar-refractivity contribution in [3.63, 3.8) is 0 Å². The summed E-state index contributed by atoms with van der Waals surface area (Å²) >= 11 is 4.58. The smallest absolute Gasteiger partial charge is 0.123 e. The molecule has 3 nitrogen and oxygen atoms in total. The first-order valence-corrected chi connectivity index (χ1v) is 7.81. The highest BCUT2D eigenvalue weighted by Gasteiger charge is 2.32. The van der Waals surface area contributed by atoms with Gasteiger partial charge in [-0.3, -0.25) is 0 Å². The zero-order chi connectivity index (χ0) is 14.4. The van der Waals surface area contributed by atoms with Gasteiger partial charge in [-0.15, -0.1) is 0 Å². The maximum absolute atomic E-state index is 5.49. The molecule has 20 heavy (non-hydrogen) atoms. The number of para-hydroxylation sites is 1. The van der Waals surface area contributed by atoms with Crippen LogP contribution in [0.4, 0.5) is 0 Å². The third-order valence-corrected chi connectivity index (χ3v) is 4.80. The number of thiol groups is 1. The molecule has 0 aromatic heterocycles. The van der Waals surface area contributed by atoms with Crippen LogP contribution >= 0.6 is 12.6 Å². The molecule has 4 heteroatoms. The minimum absolute atomic E-state index is 0.290. The third-order valence-electron chi connectivity index (χ3n) is 4.13. The lowest BCUT2D eigenvalue weighted by Crippen LogP contribution is -2.41. The monoisotopic (exact) mass is 295 g/mol. The molecule has 1 heterocycles. The number of methoxy groups -OCH3 is 1. The van der Waals surface area contributed by atoms with Gasteiger partial charge in [0.2, 0.25) is 0 Å². The Morgan fingerprint density at radius 2 is 2.00 bits per heavy atom. The van der Waals surface area contributed by atoms with Crippen LogP contribution in [0.2, 0.25) is 0 Å². The second kappa shape index (κ2) is 7.34. The molecule has 1 saturated heterocycles. The number of ether oxygens (including phenoxy) is 2. The van der Waals surface area contributed by atoms with Gasteiger partial charge in [0.1, 0.15) is 5.75 Å². The number of rotatable bonds is 6. The molecule has 0 N–H and O–H groups in total. The molecule has 112 valence electrons. The second-order valence-corrected chi connectivity index (χ2v) is 6.07. The summed E-state index contributed by atoms with van der Waals surface area (Å²) in [5, 5.41) is 0. The average molecular weight is 295 g/mol. The lowest BCUT2D eigenvalue weighted by Gasteiger charge is -2.39. The van der Waals surface area contributed by atoms with Gasteiger partial charge < -0.3 is 14.4 Å². The molecule has 0 atom stereocenters. The molecule has 2 rings (SSSR count). The van der Waals surface area contributed by atoms with Crippen molar-refractivity contribution >= 4 is 12.6 Å². The Kier molecular flexibility index (Phi) is 5.75. The fourth-order valence-corrected chi connectivity index (χ4v) is 3.34. The van der Waals surface area contributed by atoms with E-state index in [2.05, 4.69) is 36.7 Å². The topological polar surface area (TPSA) is 21.7 Å². The SMILES string of the molecule is COc1ccccc1CN(C)CC1(CS)CCOCC1. The molecule has 1 aromatic carbocycles. The maximum atomic E-state index is 5.49. The van der Waals surface area contributed by atoms with E-state index in [1.54, 1.807) is 7.11 Å². The molecular weight excluding hydrogens is 270 g/mol. The van der Waals surface area contributed by atoms with Crippen molar-refractivity contribution in [3.8, 4) is 5.75 Å². The Morgan fingerprint density at radius 1 is 1.30 bits per heavy atom. The van der Waals surface area contributed by atoms with E-state index in [0.717, 1.165) is 50.6 Å². The first-order chi connectivity index (χ1) is 9.69. The van der Waals surface area contributed by atoms with Crippen molar-refractivity contribution in [3.05, 3.63) is 29.8 Å². The lowest BCUT2D eigenvalue weighted by molar-refractivity contribution is 0.0105. The van der Waals surface area contributed by atoms with Crippen LogP contribution in [0, 0.1) is 5.41 Å². The Bertz CT molecular complexity index is 419. The summed E-state index contributed by atoms with van der Waals surface area (Å²) in [4.78, 5) is 2.37. The lowest BCUT2D eigenvalue weighted by atomic mass is 9.81. The van der Waals surface area contributed by atoms with Gasteiger partial charge in [0.05, 0.1) is 7.11 Å². The van der Waals surface area contributed by atoms with E-state index in [1.165, 1.54) is 5.56 Å². The normalized spacial score (nSPS) is 18.2. The van der Waals surface area contributed by atoms with E-state index in [9.17, 15) is 0 Å². The van der Waals surface area contributed by atoms with Crippen molar-refractivity contribution in [1.29, 1.82) is 0 Å². The molecule has 0 saturated carbocycles. The van der Waals surface area contributed by atoms with Crippen molar-refractivity contribution < 1.29 is 9.47 Å². The Morgan fingerprint density at radius 3 is 2.65 bits per heavy atom. The van der Waals surface area contributed by atoms with Crippen molar-refractivity contribution in [2.75, 3.05) is 39.7 Å². The number of benzene rings is 1. The summed E-state index contributed by atoms with van der Waals surface area (Å²) < 4.78 is 10.9. The van der Waals surface area contributed by atoms with Crippen LogP contribution in [-0.2, 0) is 11.3 Å². The zero-order valence-electron chi connectivity index (χ0n) is 12.5. The first-order valence-electron chi connectivity index (χ1n) is 7.18. The quantitative estimate of drug-likeness (QED) is 0.816. The van der Waals surface area contributed by atoms with Gasteiger partial charge in [0.15, 0.2) is 0 Å². The third kappa shape index (κ3) is 3.90. The summed E-state index contributed by atoms with van der Waals surface area (Å²) in [6.07, 6.45) is 2.21. The summed E-state index contributed by atoms with van der Waals surface area (Å²) in [6.45, 7) is 3.68. The van der Waals surface area contributed by atoms with E-state index in [0.29, 0.717) is 0 Å². The van der Waals surface area contributed by atoms with Crippen LogP contribution in [-0.4, -0.2) is 44.6 Å². The Labute approximate surface area is 127 Å². The summed E-state index contributed by atoms with van der Waals surface area (Å²) in [5.74, 6) is 1.89. The first kappa shape index (κ1) is 15.7. The van der Waals surface area contributed by atoms with E-state index in [4.69, 9.17) is 9.47 Å². The van der Waals surface area contributed by atoms with Crippen LogP contribution in [0.5, 0.6) is 5.75 Å². The van der Waals surface area contributed by atoms with Gasteiger partial charge >= 0.3 is 0 Å². The standard InChI is InChI=1S/C16H25NO2S/c1-17(11-14-5-3-4-6-15(14)18-2)12-16(13-20)7-9-19-10-8-16/h3-6,20H,7-13H2,1-2H3. The summed E-state index contributed by atoms with van der Waals surface area (Å²) in [7, 11) is 3.90. The molecule has 0 spiro atoms. The molecule has 0 amide bonds. The highest BCUT2D eigenvalue weighted by atomic mass is 32.1. The van der Waals surface area contributed by atoms with Crippen molar-refractivity contribution in [2.45, 2.75) is 19.4 Å². The summed E-state index contributed by atoms with van der Waals surface area (Å²) in [5.41, 5.74) is 1.52. The highest BCUT2D eigenvalue weighted by Crippen LogP contribution is 2.33. The second-order valence-electron chi connectivity index (χ2n) is 5.75. The van der Waals surface area contributed by atoms with E-state index >= 15 is 0 Å². The molecule has 0 radical (unpaired) electrons. The van der Waals surface area contributed by atoms with E-state index in [-0.39, 0.29) is 5.41 Å². The minimum Gasteiger partial charge on any atom is -0.496 e. The van der Waals surface area contributed by atoms with E-state index in [1.807, 2.05) is 12.1 Å². The van der Waals surface area contributed by atoms with Gasteiger partial charge in [0, 0.05) is 31.9 Å². The van der Waals surface area contributed by atoms with Crippen LogP contribution in [0.3, 0.4) is 0 Å². The molecule has 1 aliphatic heterocycles. The molecule has 0 bridgehead atoms. The van der Waals surface area contributed by atoms with E-state index < -0.39 is 0 Å². The van der Waals surface area contributed by atoms with Crippen LogP contribution in [0.15, 0.2) is 24.3 Å². The van der Waals surface area contributed by atoms with Crippen molar-refractivity contribution in [1.82, 2.24) is 4.90 Å². The predicted octanol–water partition coefficient (Wildman–Crippen LogP) is 2.85. The molecule has 1 aromatic rings. The van der Waals surface area contributed by atoms with Crippen LogP contribution in [0.1, 0.15) is 18.4 Å². The molecular formula is C16H25NO2S. The Hall–Kier alpha value is -0.710. The molecule has 0 aliphatic carbocycles. The predicted molar refractivity (Wildman–Crippen MR) is 85.7 cm³/mol. The van der Waals surface area contributed by atoms with Crippen LogP contribution in [0.25, 0.3) is 0 Å². The van der Waals surface area contributed by atoms with Gasteiger partial charge in [-0.25, -0.2) is 0 Å². The fourth-order valence-electron chi connectivity index (χ4n) is 2.92. The average Bonchev–Trinajstić information content (AvgIpc) is 2.48. The highest BCUT2D eigenvalue weighted by molar-refractivity contribution is 7.80. The summed E-state index contributed by atoms with van der Waals surface area (Å²) in [6, 6.07) is 8.23. The van der Waals surface area contributed by atoms with Gasteiger partial charge in [-0.05, 0) is 37.1 Å².